The minimum absolute atomic E-state index is 0.234. The maximum Gasteiger partial charge on any atom is 0.490 e. The molecule has 2 heterocycles. The quantitative estimate of drug-likeness (QED) is 0.386. The number of carboxylic acids is 1. The summed E-state index contributed by atoms with van der Waals surface area (Å²) in [6, 6.07) is 10.3. The van der Waals surface area contributed by atoms with Crippen molar-refractivity contribution in [1.82, 2.24) is 25.3 Å². The number of aromatic amines is 1. The lowest BCUT2D eigenvalue weighted by molar-refractivity contribution is -0.192. The zero-order chi connectivity index (χ0) is 25.8. The summed E-state index contributed by atoms with van der Waals surface area (Å²) in [5.74, 6) is -2.52. The fourth-order valence-corrected chi connectivity index (χ4v) is 3.07. The Hall–Kier alpha value is -3.78. The number of aliphatic carboxylic acids is 1. The predicted molar refractivity (Wildman–Crippen MR) is 123 cm³/mol. The van der Waals surface area contributed by atoms with Gasteiger partial charge in [-0.2, -0.15) is 18.4 Å². The molecule has 0 aliphatic carbocycles. The highest BCUT2D eigenvalue weighted by Crippen LogP contribution is 2.21. The zero-order valence-electron chi connectivity index (χ0n) is 19.5. The average Bonchev–Trinajstić information content (AvgIpc) is 3.33. The highest BCUT2D eigenvalue weighted by atomic mass is 19.4. The third kappa shape index (κ3) is 9.54. The normalized spacial score (nSPS) is 10.9. The van der Waals surface area contributed by atoms with Crippen LogP contribution in [0.5, 0.6) is 0 Å². The van der Waals surface area contributed by atoms with Gasteiger partial charge in [-0.25, -0.2) is 19.7 Å². The number of H-pyrrole nitrogens is 1. The van der Waals surface area contributed by atoms with Crippen LogP contribution in [-0.4, -0.2) is 50.3 Å². The van der Waals surface area contributed by atoms with E-state index in [1.165, 1.54) is 16.8 Å². The summed E-state index contributed by atoms with van der Waals surface area (Å²) in [6.45, 7) is 6.07. The van der Waals surface area contributed by atoms with Crippen LogP contribution < -0.4 is 5.32 Å². The first-order chi connectivity index (χ1) is 16.6. The molecule has 0 atom stereocenters. The fraction of sp³-hybridized carbons (Fsp3) is 0.375. The van der Waals surface area contributed by atoms with E-state index >= 15 is 0 Å². The molecule has 3 aromatic rings. The lowest BCUT2D eigenvalue weighted by atomic mass is 10.0. The van der Waals surface area contributed by atoms with Crippen molar-refractivity contribution in [3.8, 4) is 17.3 Å². The first kappa shape index (κ1) is 27.5. The molecule has 11 heteroatoms. The molecular weight excluding hydrogens is 461 g/mol. The number of rotatable bonds is 9. The van der Waals surface area contributed by atoms with Crippen LogP contribution in [0.1, 0.15) is 41.2 Å². The molecule has 0 unspecified atom stereocenters. The molecule has 3 rings (SSSR count). The van der Waals surface area contributed by atoms with E-state index in [2.05, 4.69) is 63.4 Å². The molecule has 1 aromatic carbocycles. The number of nitrogens with one attached hydrogen (secondary N) is 2. The third-order valence-electron chi connectivity index (χ3n) is 5.07. The van der Waals surface area contributed by atoms with Gasteiger partial charge in [0.1, 0.15) is 6.07 Å². The molecule has 0 aliphatic rings. The zero-order valence-corrected chi connectivity index (χ0v) is 19.5. The number of carbonyl (C=O) groups is 1. The molecule has 2 aromatic heterocycles. The van der Waals surface area contributed by atoms with E-state index in [-0.39, 0.29) is 5.82 Å². The summed E-state index contributed by atoms with van der Waals surface area (Å²) in [5.41, 5.74) is 6.40. The third-order valence-corrected chi connectivity index (χ3v) is 5.07. The van der Waals surface area contributed by atoms with E-state index in [0.29, 0.717) is 0 Å². The molecule has 3 N–H and O–H groups in total. The van der Waals surface area contributed by atoms with Gasteiger partial charge in [0, 0.05) is 23.1 Å². The van der Waals surface area contributed by atoms with Gasteiger partial charge in [0.05, 0.1) is 12.0 Å². The second-order valence-corrected chi connectivity index (χ2v) is 7.82. The van der Waals surface area contributed by atoms with Gasteiger partial charge in [0.2, 0.25) is 5.82 Å². The van der Waals surface area contributed by atoms with Crippen molar-refractivity contribution in [2.75, 3.05) is 13.1 Å². The molecule has 186 valence electrons. The molecule has 0 amide bonds. The van der Waals surface area contributed by atoms with Gasteiger partial charge in [0.15, 0.2) is 0 Å². The molecule has 0 spiro atoms. The number of halogens is 3. The molecular formula is C24H27F3N6O2. The minimum atomic E-state index is -5.08. The van der Waals surface area contributed by atoms with Crippen molar-refractivity contribution in [1.29, 1.82) is 5.26 Å². The number of nitrogens with zero attached hydrogens (tertiary/aromatic N) is 4. The molecule has 8 nitrogen and oxygen atoms in total. The van der Waals surface area contributed by atoms with Crippen LogP contribution in [0.15, 0.2) is 36.8 Å². The van der Waals surface area contributed by atoms with E-state index in [1.807, 2.05) is 12.3 Å². The standard InChI is InChI=1S/C22H26N6.C2HF3O2/c1-16-7-8-18(11-17(16)2)21-12-19(27-22(13-23)28-21)5-3-9-24-10-4-6-20-14-25-15-26-20;3-2(4,5)1(6)7/h7-8,11-12,14-15,24H,3-6,9-10H2,1-2H3,(H,25,26);(H,6,7). The maximum absolute atomic E-state index is 10.6. The Bertz CT molecular complexity index is 1140. The van der Waals surface area contributed by atoms with Gasteiger partial charge < -0.3 is 15.4 Å². The highest BCUT2D eigenvalue weighted by Gasteiger charge is 2.38. The predicted octanol–water partition coefficient (Wildman–Crippen LogP) is 4.14. The summed E-state index contributed by atoms with van der Waals surface area (Å²) in [7, 11) is 0. The van der Waals surface area contributed by atoms with Crippen molar-refractivity contribution < 1.29 is 23.1 Å². The van der Waals surface area contributed by atoms with Crippen molar-refractivity contribution in [3.05, 3.63) is 65.1 Å². The largest absolute Gasteiger partial charge is 0.490 e. The number of benzene rings is 1. The second kappa shape index (κ2) is 13.2. The minimum Gasteiger partial charge on any atom is -0.475 e. The average molecular weight is 489 g/mol. The van der Waals surface area contributed by atoms with E-state index in [1.54, 1.807) is 6.33 Å². The van der Waals surface area contributed by atoms with Gasteiger partial charge in [0.25, 0.3) is 0 Å². The van der Waals surface area contributed by atoms with E-state index in [0.717, 1.165) is 55.7 Å². The summed E-state index contributed by atoms with van der Waals surface area (Å²) in [5, 5.41) is 19.9. The van der Waals surface area contributed by atoms with Gasteiger partial charge in [-0.1, -0.05) is 12.1 Å². The van der Waals surface area contributed by atoms with Crippen LogP contribution in [0.2, 0.25) is 0 Å². The van der Waals surface area contributed by atoms with Gasteiger partial charge in [-0.05, 0) is 75.9 Å². The fourth-order valence-electron chi connectivity index (χ4n) is 3.07. The lowest BCUT2D eigenvalue weighted by Crippen LogP contribution is -2.21. The number of aromatic nitrogens is 4. The number of alkyl halides is 3. The van der Waals surface area contributed by atoms with Crippen LogP contribution >= 0.6 is 0 Å². The Labute approximate surface area is 201 Å². The van der Waals surface area contributed by atoms with Gasteiger partial charge in [-0.3, -0.25) is 0 Å². The van der Waals surface area contributed by atoms with Crippen LogP contribution in [-0.2, 0) is 17.6 Å². The van der Waals surface area contributed by atoms with Crippen molar-refractivity contribution in [3.63, 3.8) is 0 Å². The molecule has 0 saturated heterocycles. The number of aryl methyl sites for hydroxylation is 4. The Balaban J connectivity index is 0.000000540. The van der Waals surface area contributed by atoms with Crippen LogP contribution in [0.3, 0.4) is 0 Å². The number of imidazole rings is 1. The Morgan fingerprint density at radius 3 is 2.37 bits per heavy atom. The Morgan fingerprint density at radius 2 is 1.80 bits per heavy atom. The van der Waals surface area contributed by atoms with Crippen molar-refractivity contribution in [2.24, 2.45) is 0 Å². The first-order valence-electron chi connectivity index (χ1n) is 10.9. The monoisotopic (exact) mass is 488 g/mol. The number of carboxylic acid groups (broad SMARTS) is 1. The number of nitriles is 1. The summed E-state index contributed by atoms with van der Waals surface area (Å²) < 4.78 is 31.7. The summed E-state index contributed by atoms with van der Waals surface area (Å²) in [6.07, 6.45) is 2.37. The van der Waals surface area contributed by atoms with Crippen molar-refractivity contribution >= 4 is 5.97 Å². The summed E-state index contributed by atoms with van der Waals surface area (Å²) >= 11 is 0. The molecule has 0 aliphatic heterocycles. The van der Waals surface area contributed by atoms with E-state index in [9.17, 15) is 18.4 Å². The Morgan fingerprint density at radius 1 is 1.11 bits per heavy atom. The molecule has 35 heavy (non-hydrogen) atoms. The smallest absolute Gasteiger partial charge is 0.475 e. The first-order valence-corrected chi connectivity index (χ1v) is 10.9. The van der Waals surface area contributed by atoms with Crippen LogP contribution in [0.25, 0.3) is 11.3 Å². The van der Waals surface area contributed by atoms with Crippen LogP contribution in [0, 0.1) is 25.2 Å². The summed E-state index contributed by atoms with van der Waals surface area (Å²) in [4.78, 5) is 24.8. The topological polar surface area (TPSA) is 128 Å². The molecule has 0 radical (unpaired) electrons. The molecule has 0 saturated carbocycles. The van der Waals surface area contributed by atoms with Crippen LogP contribution in [0.4, 0.5) is 13.2 Å². The van der Waals surface area contributed by atoms with E-state index < -0.39 is 12.1 Å². The second-order valence-electron chi connectivity index (χ2n) is 7.82. The molecule has 0 bridgehead atoms. The number of hydrogen-bond acceptors (Lipinski definition) is 6. The van der Waals surface area contributed by atoms with Crippen molar-refractivity contribution in [2.45, 2.75) is 45.7 Å². The molecule has 0 fully saturated rings. The highest BCUT2D eigenvalue weighted by molar-refractivity contribution is 5.73. The Kier molecular flexibility index (Phi) is 10.4. The lowest BCUT2D eigenvalue weighted by Gasteiger charge is -2.08. The maximum atomic E-state index is 10.6. The van der Waals surface area contributed by atoms with Gasteiger partial charge >= 0.3 is 12.1 Å². The SMILES string of the molecule is Cc1ccc(-c2cc(CCCNCCCc3cnc[nH]3)nc(C#N)n2)cc1C.O=C(O)C(F)(F)F. The number of hydrogen-bond donors (Lipinski definition) is 3. The van der Waals surface area contributed by atoms with Gasteiger partial charge in [-0.15, -0.1) is 0 Å². The van der Waals surface area contributed by atoms with E-state index in [4.69, 9.17) is 9.90 Å².